The van der Waals surface area contributed by atoms with Gasteiger partial charge in [-0.2, -0.15) is 0 Å². The Morgan fingerprint density at radius 3 is 2.88 bits per heavy atom. The van der Waals surface area contributed by atoms with Gasteiger partial charge in [0, 0.05) is 17.2 Å². The van der Waals surface area contributed by atoms with E-state index in [0.29, 0.717) is 24.1 Å². The van der Waals surface area contributed by atoms with Gasteiger partial charge in [-0.1, -0.05) is 32.0 Å². The second-order valence-electron chi connectivity index (χ2n) is 6.72. The Hall–Kier alpha value is -1.14. The lowest BCUT2D eigenvalue weighted by Crippen LogP contribution is -2.49. The zero-order valence-electron chi connectivity index (χ0n) is 14.2. The molecule has 2 aliphatic rings. The fourth-order valence-corrected chi connectivity index (χ4v) is 5.41. The molecule has 2 aliphatic heterocycles. The predicted octanol–water partition coefficient (Wildman–Crippen LogP) is 2.77. The van der Waals surface area contributed by atoms with E-state index in [1.165, 1.54) is 10.5 Å². The number of nitrogens with one attached hydrogen (secondary N) is 1. The molecule has 1 aromatic rings. The molecule has 0 radical (unpaired) electrons. The summed E-state index contributed by atoms with van der Waals surface area (Å²) in [4.78, 5) is 28.3. The number of nitrogens with zero attached hydrogens (tertiary/aromatic N) is 1. The van der Waals surface area contributed by atoms with E-state index in [2.05, 4.69) is 31.3 Å². The largest absolute Gasteiger partial charge is 0.354 e. The summed E-state index contributed by atoms with van der Waals surface area (Å²) in [6.07, 6.45) is 1.73. The van der Waals surface area contributed by atoms with Crippen molar-refractivity contribution in [2.45, 2.75) is 42.9 Å². The van der Waals surface area contributed by atoms with E-state index in [0.717, 1.165) is 12.8 Å². The van der Waals surface area contributed by atoms with Gasteiger partial charge in [-0.05, 0) is 30.4 Å². The van der Waals surface area contributed by atoms with Gasteiger partial charge in [-0.3, -0.25) is 9.59 Å². The van der Waals surface area contributed by atoms with Crippen molar-refractivity contribution >= 4 is 35.3 Å². The summed E-state index contributed by atoms with van der Waals surface area (Å²) in [6, 6.07) is 7.86. The number of hydrogen-bond acceptors (Lipinski definition) is 4. The highest BCUT2D eigenvalue weighted by atomic mass is 32.2. The summed E-state index contributed by atoms with van der Waals surface area (Å²) in [7, 11) is 0. The lowest BCUT2D eigenvalue weighted by molar-refractivity contribution is -0.137. The number of hydrogen-bond donors (Lipinski definition) is 1. The zero-order chi connectivity index (χ0) is 17.1. The minimum absolute atomic E-state index is 0.00508. The first-order chi connectivity index (χ1) is 11.6. The number of carbonyl (C=O) groups excluding carboxylic acids is 2. The quantitative estimate of drug-likeness (QED) is 0.873. The van der Waals surface area contributed by atoms with Crippen LogP contribution in [0, 0.1) is 5.92 Å². The van der Waals surface area contributed by atoms with Crippen LogP contribution in [0.4, 0.5) is 0 Å². The Bertz CT molecular complexity index is 596. The van der Waals surface area contributed by atoms with Crippen LogP contribution in [0.5, 0.6) is 0 Å². The number of amides is 2. The molecule has 2 atom stereocenters. The minimum atomic E-state index is -0.320. The van der Waals surface area contributed by atoms with Crippen molar-refractivity contribution in [1.29, 1.82) is 0 Å². The number of carbonyl (C=O) groups is 2. The molecule has 0 saturated carbocycles. The van der Waals surface area contributed by atoms with Gasteiger partial charge in [0.2, 0.25) is 11.8 Å². The Kier molecular flexibility index (Phi) is 5.76. The van der Waals surface area contributed by atoms with E-state index < -0.39 is 0 Å². The van der Waals surface area contributed by atoms with E-state index in [-0.39, 0.29) is 23.1 Å². The van der Waals surface area contributed by atoms with Crippen LogP contribution in [0.1, 0.15) is 25.8 Å². The summed E-state index contributed by atoms with van der Waals surface area (Å²) in [6.45, 7) is 4.97. The molecule has 0 aromatic heterocycles. The van der Waals surface area contributed by atoms with Gasteiger partial charge in [-0.25, -0.2) is 0 Å². The zero-order valence-corrected chi connectivity index (χ0v) is 15.8. The second kappa shape index (κ2) is 7.83. The Balaban J connectivity index is 1.59. The standard InChI is InChI=1S/C18H24N2O2S2/c1-12(2)7-8-19-17(21)14-10-23-11-20(14)18(22)16-9-13-5-3-4-6-15(13)24-16/h3-6,12,14,16H,7-11H2,1-2H3,(H,19,21). The van der Waals surface area contributed by atoms with E-state index in [1.807, 2.05) is 12.1 Å². The predicted molar refractivity (Wildman–Crippen MR) is 100 cm³/mol. The van der Waals surface area contributed by atoms with Crippen LogP contribution in [-0.2, 0) is 16.0 Å². The average Bonchev–Trinajstić information content (AvgIpc) is 3.20. The maximum atomic E-state index is 12.9. The van der Waals surface area contributed by atoms with Crippen molar-refractivity contribution in [3.05, 3.63) is 29.8 Å². The van der Waals surface area contributed by atoms with Crippen LogP contribution in [-0.4, -0.2) is 46.2 Å². The number of rotatable bonds is 5. The van der Waals surface area contributed by atoms with E-state index >= 15 is 0 Å². The highest BCUT2D eigenvalue weighted by Gasteiger charge is 2.39. The summed E-state index contributed by atoms with van der Waals surface area (Å²) in [5.74, 6) is 1.98. The first-order valence-electron chi connectivity index (χ1n) is 8.46. The molecule has 4 nitrogen and oxygen atoms in total. The SMILES string of the molecule is CC(C)CCNC(=O)C1CSCN1C(=O)C1Cc2ccccc2S1. The molecule has 1 fully saturated rings. The molecule has 1 saturated heterocycles. The van der Waals surface area contributed by atoms with Crippen molar-refractivity contribution in [2.75, 3.05) is 18.2 Å². The molecule has 3 rings (SSSR count). The molecule has 1 aromatic carbocycles. The van der Waals surface area contributed by atoms with E-state index in [9.17, 15) is 9.59 Å². The number of fused-ring (bicyclic) bond motifs is 1. The van der Waals surface area contributed by atoms with Crippen LogP contribution < -0.4 is 5.32 Å². The van der Waals surface area contributed by atoms with Crippen molar-refractivity contribution in [3.8, 4) is 0 Å². The molecule has 2 heterocycles. The maximum absolute atomic E-state index is 12.9. The van der Waals surface area contributed by atoms with Gasteiger partial charge in [0.05, 0.1) is 11.1 Å². The summed E-state index contributed by atoms with van der Waals surface area (Å²) in [5, 5.41) is 2.90. The molecule has 2 amide bonds. The Labute approximate surface area is 152 Å². The number of thioether (sulfide) groups is 2. The summed E-state index contributed by atoms with van der Waals surface area (Å²) in [5.41, 5.74) is 1.24. The van der Waals surface area contributed by atoms with Gasteiger partial charge in [0.1, 0.15) is 6.04 Å². The van der Waals surface area contributed by atoms with E-state index in [1.54, 1.807) is 28.4 Å². The van der Waals surface area contributed by atoms with Crippen LogP contribution in [0.2, 0.25) is 0 Å². The molecule has 130 valence electrons. The number of benzene rings is 1. The maximum Gasteiger partial charge on any atom is 0.243 e. The van der Waals surface area contributed by atoms with Crippen molar-refractivity contribution in [2.24, 2.45) is 5.92 Å². The molecule has 0 aliphatic carbocycles. The third-order valence-corrected chi connectivity index (χ3v) is 6.73. The normalized spacial score (nSPS) is 22.7. The lowest BCUT2D eigenvalue weighted by atomic mass is 10.1. The molecule has 1 N–H and O–H groups in total. The highest BCUT2D eigenvalue weighted by molar-refractivity contribution is 8.01. The molecule has 24 heavy (non-hydrogen) atoms. The Morgan fingerprint density at radius 1 is 1.33 bits per heavy atom. The molecule has 0 spiro atoms. The topological polar surface area (TPSA) is 49.4 Å². The van der Waals surface area contributed by atoms with Crippen molar-refractivity contribution < 1.29 is 9.59 Å². The first-order valence-corrected chi connectivity index (χ1v) is 10.5. The van der Waals surface area contributed by atoms with Gasteiger partial charge >= 0.3 is 0 Å². The smallest absolute Gasteiger partial charge is 0.243 e. The molecular formula is C18H24N2O2S2. The van der Waals surface area contributed by atoms with Gasteiger partial charge < -0.3 is 10.2 Å². The Morgan fingerprint density at radius 2 is 2.12 bits per heavy atom. The van der Waals surface area contributed by atoms with Gasteiger partial charge in [0.15, 0.2) is 0 Å². The van der Waals surface area contributed by atoms with Gasteiger partial charge in [0.25, 0.3) is 0 Å². The van der Waals surface area contributed by atoms with E-state index in [4.69, 9.17) is 0 Å². The monoisotopic (exact) mass is 364 g/mol. The molecule has 2 unspecified atom stereocenters. The molecule has 0 bridgehead atoms. The summed E-state index contributed by atoms with van der Waals surface area (Å²) < 4.78 is 0. The second-order valence-corrected chi connectivity index (χ2v) is 8.96. The first kappa shape index (κ1) is 17.7. The van der Waals surface area contributed by atoms with Crippen molar-refractivity contribution in [1.82, 2.24) is 10.2 Å². The average molecular weight is 365 g/mol. The summed E-state index contributed by atoms with van der Waals surface area (Å²) >= 11 is 3.30. The van der Waals surface area contributed by atoms with Crippen molar-refractivity contribution in [3.63, 3.8) is 0 Å². The van der Waals surface area contributed by atoms with Crippen LogP contribution in [0.3, 0.4) is 0 Å². The van der Waals surface area contributed by atoms with Gasteiger partial charge in [-0.15, -0.1) is 23.5 Å². The lowest BCUT2D eigenvalue weighted by Gasteiger charge is -2.25. The third-order valence-electron chi connectivity index (χ3n) is 4.41. The minimum Gasteiger partial charge on any atom is -0.354 e. The highest BCUT2D eigenvalue weighted by Crippen LogP contribution is 2.38. The molecule has 6 heteroatoms. The fraction of sp³-hybridized carbons (Fsp3) is 0.556. The van der Waals surface area contributed by atoms with Crippen LogP contribution >= 0.6 is 23.5 Å². The van der Waals surface area contributed by atoms with Crippen LogP contribution in [0.25, 0.3) is 0 Å². The third kappa shape index (κ3) is 3.91. The fourth-order valence-electron chi connectivity index (χ4n) is 2.98. The van der Waals surface area contributed by atoms with Crippen LogP contribution in [0.15, 0.2) is 29.2 Å². The molecular weight excluding hydrogens is 340 g/mol.